The summed E-state index contributed by atoms with van der Waals surface area (Å²) < 4.78 is 0. The lowest BCUT2D eigenvalue weighted by atomic mass is 10.1. The summed E-state index contributed by atoms with van der Waals surface area (Å²) in [6.45, 7) is 0.155. The summed E-state index contributed by atoms with van der Waals surface area (Å²) in [5, 5.41) is 31.3. The Kier molecular flexibility index (Phi) is 3.04. The quantitative estimate of drug-likeness (QED) is 0.601. The molecule has 0 bridgehead atoms. The van der Waals surface area contributed by atoms with E-state index in [0.717, 1.165) is 12.3 Å². The molecular formula is C11H10N4O4. The van der Waals surface area contributed by atoms with Crippen LogP contribution < -0.4 is 5.32 Å². The van der Waals surface area contributed by atoms with Gasteiger partial charge < -0.3 is 10.4 Å². The first-order valence-corrected chi connectivity index (χ1v) is 5.50. The third kappa shape index (κ3) is 2.44. The smallest absolute Gasteiger partial charge is 0.311 e. The van der Waals surface area contributed by atoms with Gasteiger partial charge in [-0.1, -0.05) is 0 Å². The van der Waals surface area contributed by atoms with Gasteiger partial charge in [0, 0.05) is 12.6 Å². The van der Waals surface area contributed by atoms with Crippen molar-refractivity contribution in [2.75, 3.05) is 11.9 Å². The number of nitriles is 1. The molecule has 2 N–H and O–H groups in total. The number of rotatable bonds is 5. The van der Waals surface area contributed by atoms with E-state index in [-0.39, 0.29) is 23.6 Å². The molecule has 0 aliphatic heterocycles. The summed E-state index contributed by atoms with van der Waals surface area (Å²) in [4.78, 5) is 24.7. The molecule has 1 aliphatic carbocycles. The molecule has 1 saturated carbocycles. The SMILES string of the molecule is N#Cc1cc([N+](=O)[O-])cnc1NCC1(C(=O)O)CC1. The van der Waals surface area contributed by atoms with Crippen molar-refractivity contribution < 1.29 is 14.8 Å². The second-order valence-electron chi connectivity index (χ2n) is 4.40. The summed E-state index contributed by atoms with van der Waals surface area (Å²) in [6, 6.07) is 2.91. The van der Waals surface area contributed by atoms with Crippen molar-refractivity contribution in [2.45, 2.75) is 12.8 Å². The highest BCUT2D eigenvalue weighted by atomic mass is 16.6. The van der Waals surface area contributed by atoms with Crippen LogP contribution in [0.4, 0.5) is 11.5 Å². The molecule has 1 aromatic heterocycles. The van der Waals surface area contributed by atoms with Gasteiger partial charge in [-0.05, 0) is 12.8 Å². The van der Waals surface area contributed by atoms with Gasteiger partial charge in [0.25, 0.3) is 5.69 Å². The molecule has 1 aromatic rings. The Morgan fingerprint density at radius 3 is 2.84 bits per heavy atom. The lowest BCUT2D eigenvalue weighted by Gasteiger charge is -2.12. The molecule has 19 heavy (non-hydrogen) atoms. The standard InChI is InChI=1S/C11H10N4O4/c12-4-7-3-8(15(18)19)5-13-9(7)14-6-11(1-2-11)10(16)17/h3,5H,1-2,6H2,(H,13,14)(H,16,17). The normalized spacial score (nSPS) is 15.3. The fraction of sp³-hybridized carbons (Fsp3) is 0.364. The number of carboxylic acids is 1. The van der Waals surface area contributed by atoms with Crippen molar-refractivity contribution in [2.24, 2.45) is 5.41 Å². The molecule has 8 heteroatoms. The number of hydrogen-bond donors (Lipinski definition) is 2. The molecule has 2 rings (SSSR count). The number of nitro groups is 1. The molecule has 8 nitrogen and oxygen atoms in total. The van der Waals surface area contributed by atoms with Gasteiger partial charge in [-0.15, -0.1) is 0 Å². The van der Waals surface area contributed by atoms with Crippen molar-refractivity contribution >= 4 is 17.5 Å². The monoisotopic (exact) mass is 262 g/mol. The highest BCUT2D eigenvalue weighted by Crippen LogP contribution is 2.45. The first-order chi connectivity index (χ1) is 8.98. The molecule has 1 heterocycles. The lowest BCUT2D eigenvalue weighted by Crippen LogP contribution is -2.25. The van der Waals surface area contributed by atoms with Crippen LogP contribution in [-0.2, 0) is 4.79 Å². The molecule has 0 radical (unpaired) electrons. The van der Waals surface area contributed by atoms with E-state index in [2.05, 4.69) is 10.3 Å². The molecule has 98 valence electrons. The van der Waals surface area contributed by atoms with Crippen LogP contribution in [0.5, 0.6) is 0 Å². The maximum absolute atomic E-state index is 11.0. The van der Waals surface area contributed by atoms with Gasteiger partial charge in [0.15, 0.2) is 0 Å². The van der Waals surface area contributed by atoms with Crippen LogP contribution in [-0.4, -0.2) is 27.5 Å². The van der Waals surface area contributed by atoms with Crippen molar-refractivity contribution in [3.05, 3.63) is 27.9 Å². The predicted octanol–water partition coefficient (Wildman–Crippen LogP) is 1.14. The summed E-state index contributed by atoms with van der Waals surface area (Å²) >= 11 is 0. The van der Waals surface area contributed by atoms with E-state index >= 15 is 0 Å². The maximum Gasteiger partial charge on any atom is 0.311 e. The minimum Gasteiger partial charge on any atom is -0.481 e. The van der Waals surface area contributed by atoms with Gasteiger partial charge in [0.1, 0.15) is 23.6 Å². The molecule has 0 spiro atoms. The largest absolute Gasteiger partial charge is 0.481 e. The first-order valence-electron chi connectivity index (χ1n) is 5.50. The average molecular weight is 262 g/mol. The summed E-state index contributed by atoms with van der Waals surface area (Å²) in [5.74, 6) is -0.721. The van der Waals surface area contributed by atoms with Gasteiger partial charge in [0.2, 0.25) is 0 Å². The summed E-state index contributed by atoms with van der Waals surface area (Å²) in [7, 11) is 0. The minimum absolute atomic E-state index is 0.0235. The Balaban J connectivity index is 2.15. The van der Waals surface area contributed by atoms with Crippen molar-refractivity contribution in [1.82, 2.24) is 4.98 Å². The average Bonchev–Trinajstić information content (AvgIpc) is 3.17. The Morgan fingerprint density at radius 1 is 1.68 bits per heavy atom. The maximum atomic E-state index is 11.0. The van der Waals surface area contributed by atoms with Crippen LogP contribution in [0.1, 0.15) is 18.4 Å². The molecule has 0 aromatic carbocycles. The minimum atomic E-state index is -0.889. The van der Waals surface area contributed by atoms with E-state index < -0.39 is 16.3 Å². The number of nitrogens with one attached hydrogen (secondary N) is 1. The number of aliphatic carboxylic acids is 1. The molecule has 1 aliphatic rings. The molecule has 0 saturated heterocycles. The number of carbonyl (C=O) groups is 1. The van der Waals surface area contributed by atoms with E-state index in [4.69, 9.17) is 10.4 Å². The third-order valence-corrected chi connectivity index (χ3v) is 3.11. The highest BCUT2D eigenvalue weighted by Gasteiger charge is 2.50. The fourth-order valence-corrected chi connectivity index (χ4v) is 1.65. The van der Waals surface area contributed by atoms with Crippen LogP contribution in [0.15, 0.2) is 12.3 Å². The summed E-state index contributed by atoms with van der Waals surface area (Å²) in [5.41, 5.74) is -1.05. The van der Waals surface area contributed by atoms with Crippen LogP contribution in [0.3, 0.4) is 0 Å². The van der Waals surface area contributed by atoms with E-state index in [1.165, 1.54) is 0 Å². The first kappa shape index (κ1) is 12.8. The lowest BCUT2D eigenvalue weighted by molar-refractivity contribution is -0.385. The second kappa shape index (κ2) is 4.53. The van der Waals surface area contributed by atoms with E-state index in [1.807, 2.05) is 0 Å². The van der Waals surface area contributed by atoms with Crippen LogP contribution >= 0.6 is 0 Å². The molecule has 0 unspecified atom stereocenters. The van der Waals surface area contributed by atoms with Gasteiger partial charge in [-0.25, -0.2) is 4.98 Å². The summed E-state index contributed by atoms with van der Waals surface area (Å²) in [6.07, 6.45) is 2.18. The molecule has 0 atom stereocenters. The Labute approximate surface area is 107 Å². The van der Waals surface area contributed by atoms with Crippen LogP contribution in [0.2, 0.25) is 0 Å². The number of pyridine rings is 1. The Hall–Kier alpha value is -2.69. The van der Waals surface area contributed by atoms with Crippen molar-refractivity contribution in [1.29, 1.82) is 5.26 Å². The fourth-order valence-electron chi connectivity index (χ4n) is 1.65. The van der Waals surface area contributed by atoms with Gasteiger partial charge in [-0.2, -0.15) is 5.26 Å². The zero-order valence-electron chi connectivity index (χ0n) is 9.79. The van der Waals surface area contributed by atoms with E-state index in [0.29, 0.717) is 12.8 Å². The Bertz CT molecular complexity index is 589. The molecular weight excluding hydrogens is 252 g/mol. The number of anilines is 1. The zero-order valence-corrected chi connectivity index (χ0v) is 9.79. The number of hydrogen-bond acceptors (Lipinski definition) is 6. The Morgan fingerprint density at radius 2 is 2.37 bits per heavy atom. The van der Waals surface area contributed by atoms with Gasteiger partial charge in [0.05, 0.1) is 10.3 Å². The number of aromatic nitrogens is 1. The zero-order chi connectivity index (χ0) is 14.0. The van der Waals surface area contributed by atoms with Crippen LogP contribution in [0.25, 0.3) is 0 Å². The van der Waals surface area contributed by atoms with E-state index in [1.54, 1.807) is 6.07 Å². The van der Waals surface area contributed by atoms with E-state index in [9.17, 15) is 14.9 Å². The van der Waals surface area contributed by atoms with Crippen molar-refractivity contribution in [3.8, 4) is 6.07 Å². The molecule has 0 amide bonds. The highest BCUT2D eigenvalue weighted by molar-refractivity contribution is 5.78. The molecule has 1 fully saturated rings. The second-order valence-corrected chi connectivity index (χ2v) is 4.40. The topological polar surface area (TPSA) is 129 Å². The van der Waals surface area contributed by atoms with Crippen molar-refractivity contribution in [3.63, 3.8) is 0 Å². The van der Waals surface area contributed by atoms with Gasteiger partial charge in [-0.3, -0.25) is 14.9 Å². The van der Waals surface area contributed by atoms with Crippen LogP contribution in [0, 0.1) is 26.9 Å². The number of nitrogens with zero attached hydrogens (tertiary/aromatic N) is 3. The predicted molar refractivity (Wildman–Crippen MR) is 63.4 cm³/mol. The third-order valence-electron chi connectivity index (χ3n) is 3.11. The number of carboxylic acid groups (broad SMARTS) is 1. The van der Waals surface area contributed by atoms with Gasteiger partial charge >= 0.3 is 5.97 Å².